The molecule has 6 nitrogen and oxygen atoms in total. The van der Waals surface area contributed by atoms with Crippen LogP contribution in [0.25, 0.3) is 11.4 Å². The minimum atomic E-state index is -0.333. The van der Waals surface area contributed by atoms with E-state index in [2.05, 4.69) is 15.3 Å². The van der Waals surface area contributed by atoms with Gasteiger partial charge in [0.05, 0.1) is 13.3 Å². The summed E-state index contributed by atoms with van der Waals surface area (Å²) in [6.45, 7) is 0.0228. The summed E-state index contributed by atoms with van der Waals surface area (Å²) in [6, 6.07) is 13.3. The van der Waals surface area contributed by atoms with E-state index in [-0.39, 0.29) is 18.3 Å². The summed E-state index contributed by atoms with van der Waals surface area (Å²) in [7, 11) is 1.60. The van der Waals surface area contributed by atoms with E-state index in [1.807, 2.05) is 24.3 Å². The van der Waals surface area contributed by atoms with Crippen molar-refractivity contribution < 1.29 is 18.5 Å². The highest BCUT2D eigenvalue weighted by atomic mass is 19.1. The number of oxime groups is 1. The number of halogens is 1. The Morgan fingerprint density at radius 3 is 2.79 bits per heavy atom. The van der Waals surface area contributed by atoms with Crippen molar-refractivity contribution in [3.8, 4) is 17.1 Å². The first-order chi connectivity index (χ1) is 11.7. The summed E-state index contributed by atoms with van der Waals surface area (Å²) in [6.07, 6.45) is 1.41. The van der Waals surface area contributed by atoms with Crippen LogP contribution in [0.4, 0.5) is 4.39 Å². The molecule has 0 amide bonds. The molecule has 0 aliphatic rings. The van der Waals surface area contributed by atoms with Gasteiger partial charge in [-0.15, -0.1) is 0 Å². The number of rotatable bonds is 6. The van der Waals surface area contributed by atoms with Crippen LogP contribution < -0.4 is 4.74 Å². The largest absolute Gasteiger partial charge is 0.497 e. The maximum atomic E-state index is 13.0. The average Bonchev–Trinajstić information content (AvgIpc) is 3.08. The molecule has 0 N–H and O–H groups in total. The van der Waals surface area contributed by atoms with Gasteiger partial charge in [0.1, 0.15) is 11.6 Å². The van der Waals surface area contributed by atoms with Crippen molar-refractivity contribution >= 4 is 6.21 Å². The number of hydrogen-bond donors (Lipinski definition) is 0. The average molecular weight is 327 g/mol. The Morgan fingerprint density at radius 1 is 1.21 bits per heavy atom. The third-order valence-corrected chi connectivity index (χ3v) is 3.13. The second-order valence-electron chi connectivity index (χ2n) is 4.80. The molecule has 24 heavy (non-hydrogen) atoms. The Morgan fingerprint density at radius 2 is 2.04 bits per heavy atom. The van der Waals surface area contributed by atoms with Gasteiger partial charge in [-0.1, -0.05) is 22.4 Å². The fraction of sp³-hybridized carbons (Fsp3) is 0.118. The highest BCUT2D eigenvalue weighted by Crippen LogP contribution is 2.19. The lowest BCUT2D eigenvalue weighted by molar-refractivity contribution is 0.107. The minimum absolute atomic E-state index is 0.0228. The van der Waals surface area contributed by atoms with Gasteiger partial charge in [-0.25, -0.2) is 4.39 Å². The third kappa shape index (κ3) is 3.95. The SMILES string of the molecule is COc1ccc(-c2noc(CO/N=C\c3cccc(F)c3)n2)cc1. The van der Waals surface area contributed by atoms with Crippen molar-refractivity contribution in [2.75, 3.05) is 7.11 Å². The van der Waals surface area contributed by atoms with Crippen LogP contribution in [0.1, 0.15) is 11.5 Å². The van der Waals surface area contributed by atoms with Crippen molar-refractivity contribution in [3.05, 3.63) is 65.8 Å². The summed E-state index contributed by atoms with van der Waals surface area (Å²) in [5.41, 5.74) is 1.40. The first kappa shape index (κ1) is 15.7. The van der Waals surface area contributed by atoms with Gasteiger partial charge in [-0.2, -0.15) is 4.98 Å². The highest BCUT2D eigenvalue weighted by molar-refractivity contribution is 5.78. The summed E-state index contributed by atoms with van der Waals surface area (Å²) < 4.78 is 23.2. The maximum Gasteiger partial charge on any atom is 0.267 e. The van der Waals surface area contributed by atoms with E-state index in [0.717, 1.165) is 11.3 Å². The number of ether oxygens (including phenoxy) is 1. The summed E-state index contributed by atoms with van der Waals surface area (Å²) in [5, 5.41) is 7.63. The van der Waals surface area contributed by atoms with Crippen LogP contribution in [0.15, 0.2) is 58.2 Å². The number of methoxy groups -OCH3 is 1. The summed E-state index contributed by atoms with van der Waals surface area (Å²) in [4.78, 5) is 9.30. The van der Waals surface area contributed by atoms with Gasteiger partial charge < -0.3 is 14.1 Å². The van der Waals surface area contributed by atoms with Crippen molar-refractivity contribution in [1.29, 1.82) is 0 Å². The van der Waals surface area contributed by atoms with Gasteiger partial charge in [-0.05, 0) is 42.0 Å². The maximum absolute atomic E-state index is 13.0. The number of aromatic nitrogens is 2. The smallest absolute Gasteiger partial charge is 0.267 e. The van der Waals surface area contributed by atoms with E-state index < -0.39 is 0 Å². The molecule has 3 rings (SSSR count). The van der Waals surface area contributed by atoms with E-state index in [0.29, 0.717) is 11.4 Å². The van der Waals surface area contributed by atoms with Crippen LogP contribution in [-0.2, 0) is 11.4 Å². The molecule has 0 atom stereocenters. The van der Waals surface area contributed by atoms with E-state index in [1.54, 1.807) is 19.2 Å². The summed E-state index contributed by atoms with van der Waals surface area (Å²) in [5.74, 6) is 1.15. The fourth-order valence-electron chi connectivity index (χ4n) is 1.95. The molecule has 3 aromatic rings. The Balaban J connectivity index is 1.57. The van der Waals surface area contributed by atoms with Crippen LogP contribution in [0, 0.1) is 5.82 Å². The summed E-state index contributed by atoms with van der Waals surface area (Å²) >= 11 is 0. The monoisotopic (exact) mass is 327 g/mol. The second kappa shape index (κ2) is 7.36. The molecule has 0 aliphatic heterocycles. The van der Waals surface area contributed by atoms with E-state index in [1.165, 1.54) is 18.3 Å². The predicted molar refractivity (Wildman–Crippen MR) is 85.1 cm³/mol. The molecule has 0 saturated carbocycles. The first-order valence-electron chi connectivity index (χ1n) is 7.12. The van der Waals surface area contributed by atoms with Crippen molar-refractivity contribution in [3.63, 3.8) is 0 Å². The molecule has 1 aromatic heterocycles. The number of hydrogen-bond acceptors (Lipinski definition) is 6. The van der Waals surface area contributed by atoms with Crippen LogP contribution in [0.3, 0.4) is 0 Å². The number of benzene rings is 2. The lowest BCUT2D eigenvalue weighted by Crippen LogP contribution is -1.89. The normalized spacial score (nSPS) is 10.9. The molecule has 1 heterocycles. The molecule has 0 fully saturated rings. The van der Waals surface area contributed by atoms with Gasteiger partial charge in [0.2, 0.25) is 5.82 Å². The van der Waals surface area contributed by atoms with Crippen LogP contribution in [0.2, 0.25) is 0 Å². The van der Waals surface area contributed by atoms with Crippen molar-refractivity contribution in [2.45, 2.75) is 6.61 Å². The quantitative estimate of drug-likeness (QED) is 0.512. The lowest BCUT2D eigenvalue weighted by atomic mass is 10.2. The second-order valence-corrected chi connectivity index (χ2v) is 4.80. The van der Waals surface area contributed by atoms with Crippen LogP contribution >= 0.6 is 0 Å². The molecule has 0 aliphatic carbocycles. The molecule has 0 unspecified atom stereocenters. The Hall–Kier alpha value is -3.22. The molecular formula is C17H14FN3O3. The van der Waals surface area contributed by atoms with Crippen LogP contribution in [0.5, 0.6) is 5.75 Å². The van der Waals surface area contributed by atoms with Gasteiger partial charge in [0.25, 0.3) is 5.89 Å². The van der Waals surface area contributed by atoms with Crippen LogP contribution in [-0.4, -0.2) is 23.5 Å². The zero-order valence-electron chi connectivity index (χ0n) is 12.8. The Bertz CT molecular complexity index is 831. The first-order valence-corrected chi connectivity index (χ1v) is 7.12. The third-order valence-electron chi connectivity index (χ3n) is 3.13. The Kier molecular flexibility index (Phi) is 4.81. The Labute approximate surface area is 137 Å². The molecule has 122 valence electrons. The van der Waals surface area contributed by atoms with Gasteiger partial charge >= 0.3 is 0 Å². The van der Waals surface area contributed by atoms with Crippen molar-refractivity contribution in [2.24, 2.45) is 5.16 Å². The van der Waals surface area contributed by atoms with Gasteiger partial charge in [0.15, 0.2) is 6.61 Å². The topological polar surface area (TPSA) is 69.7 Å². The minimum Gasteiger partial charge on any atom is -0.497 e. The molecular weight excluding hydrogens is 313 g/mol. The number of nitrogens with zero attached hydrogens (tertiary/aromatic N) is 3. The molecule has 0 bridgehead atoms. The van der Waals surface area contributed by atoms with E-state index in [4.69, 9.17) is 14.1 Å². The predicted octanol–water partition coefficient (Wildman–Crippen LogP) is 3.44. The van der Waals surface area contributed by atoms with Crippen molar-refractivity contribution in [1.82, 2.24) is 10.1 Å². The van der Waals surface area contributed by atoms with Gasteiger partial charge in [0, 0.05) is 5.56 Å². The molecule has 2 aromatic carbocycles. The van der Waals surface area contributed by atoms with Gasteiger partial charge in [-0.3, -0.25) is 0 Å². The zero-order valence-corrected chi connectivity index (χ0v) is 12.8. The zero-order chi connectivity index (χ0) is 16.8. The standard InChI is InChI=1S/C17H14FN3O3/c1-22-15-7-5-13(6-8-15)17-20-16(24-21-17)11-23-19-10-12-3-2-4-14(18)9-12/h2-10H,11H2,1H3/b19-10-. The fourth-order valence-corrected chi connectivity index (χ4v) is 1.95. The molecule has 0 saturated heterocycles. The highest BCUT2D eigenvalue weighted by Gasteiger charge is 2.09. The van der Waals surface area contributed by atoms with E-state index in [9.17, 15) is 4.39 Å². The molecule has 0 radical (unpaired) electrons. The molecule has 0 spiro atoms. The lowest BCUT2D eigenvalue weighted by Gasteiger charge is -1.98. The molecule has 7 heteroatoms. The van der Waals surface area contributed by atoms with E-state index >= 15 is 0 Å².